The number of rotatable bonds is 9. The van der Waals surface area contributed by atoms with Gasteiger partial charge < -0.3 is 14.4 Å². The first kappa shape index (κ1) is 18.1. The molecule has 0 heterocycles. The van der Waals surface area contributed by atoms with E-state index in [9.17, 15) is 13.6 Å². The van der Waals surface area contributed by atoms with Crippen LogP contribution in [0.25, 0.3) is 0 Å². The van der Waals surface area contributed by atoms with Crippen molar-refractivity contribution < 1.29 is 18.0 Å². The lowest BCUT2D eigenvalue weighted by atomic mass is 10.3. The van der Waals surface area contributed by atoms with E-state index in [1.165, 1.54) is 0 Å². The van der Waals surface area contributed by atoms with E-state index >= 15 is 0 Å². The summed E-state index contributed by atoms with van der Waals surface area (Å²) in [5.41, 5.74) is 0.509. The van der Waals surface area contributed by atoms with Gasteiger partial charge in [-0.25, -0.2) is 0 Å². The SMILES string of the molecule is C=C(C)C(=O)NCCC[N+](C)(C)CCCS(=C)(=O)[O-]. The molecule has 0 aliphatic heterocycles. The Hall–Kier alpha value is -0.850. The highest BCUT2D eigenvalue weighted by Crippen LogP contribution is 2.02. The molecule has 1 atom stereocenters. The zero-order chi connectivity index (χ0) is 15.1. The molecule has 0 aromatic heterocycles. The molecule has 0 bridgehead atoms. The summed E-state index contributed by atoms with van der Waals surface area (Å²) in [5.74, 6) is 3.12. The third kappa shape index (κ3) is 10.7. The molecular weight excluding hydrogens is 264 g/mol. The van der Waals surface area contributed by atoms with Crippen molar-refractivity contribution in [2.24, 2.45) is 0 Å². The van der Waals surface area contributed by atoms with Crippen LogP contribution in [-0.2, 0) is 14.6 Å². The maximum Gasteiger partial charge on any atom is 0.246 e. The fourth-order valence-corrected chi connectivity index (χ4v) is 2.25. The van der Waals surface area contributed by atoms with E-state index in [4.69, 9.17) is 0 Å². The molecule has 5 nitrogen and oxygen atoms in total. The van der Waals surface area contributed by atoms with Crippen LogP contribution in [0.1, 0.15) is 19.8 Å². The van der Waals surface area contributed by atoms with E-state index in [1.807, 2.05) is 0 Å². The zero-order valence-corrected chi connectivity index (χ0v) is 13.1. The highest BCUT2D eigenvalue weighted by Gasteiger charge is 2.14. The fraction of sp³-hybridized carbons (Fsp3) is 0.692. The summed E-state index contributed by atoms with van der Waals surface area (Å²) in [5, 5.41) is 2.78. The largest absolute Gasteiger partial charge is 0.778 e. The Labute approximate surface area is 117 Å². The molecule has 0 saturated carbocycles. The second-order valence-electron chi connectivity index (χ2n) is 5.57. The van der Waals surface area contributed by atoms with Crippen molar-refractivity contribution in [1.29, 1.82) is 0 Å². The Morgan fingerprint density at radius 3 is 2.32 bits per heavy atom. The van der Waals surface area contributed by atoms with Crippen molar-refractivity contribution in [2.75, 3.05) is 39.5 Å². The zero-order valence-electron chi connectivity index (χ0n) is 12.2. The standard InChI is InChI=1S/C13H26N2O3S/c1-12(2)13(16)14-8-6-9-15(3,4)10-7-11-19(5,17)18/h1,5-11H2,2-4H3,(H-,14,16,17,18). The van der Waals surface area contributed by atoms with Crippen LogP contribution in [0.15, 0.2) is 12.2 Å². The van der Waals surface area contributed by atoms with Crippen LogP contribution >= 0.6 is 0 Å². The molecule has 112 valence electrons. The minimum atomic E-state index is -3.12. The average molecular weight is 290 g/mol. The van der Waals surface area contributed by atoms with Gasteiger partial charge >= 0.3 is 0 Å². The van der Waals surface area contributed by atoms with Crippen molar-refractivity contribution >= 4 is 21.6 Å². The number of carbonyl (C=O) groups is 1. The normalized spacial score (nSPS) is 14.7. The van der Waals surface area contributed by atoms with Crippen molar-refractivity contribution in [3.63, 3.8) is 0 Å². The number of hydrogen-bond donors (Lipinski definition) is 1. The Bertz CT molecular complexity index is 414. The van der Waals surface area contributed by atoms with E-state index in [0.717, 1.165) is 24.0 Å². The van der Waals surface area contributed by atoms with Crippen LogP contribution in [0.2, 0.25) is 0 Å². The van der Waals surface area contributed by atoms with Gasteiger partial charge in [-0.2, -0.15) is 0 Å². The van der Waals surface area contributed by atoms with E-state index in [0.29, 0.717) is 18.5 Å². The Morgan fingerprint density at radius 1 is 1.32 bits per heavy atom. The lowest BCUT2D eigenvalue weighted by Gasteiger charge is -2.30. The number of carbonyl (C=O) groups excluding carboxylic acids is 1. The maximum absolute atomic E-state index is 11.3. The molecule has 0 rings (SSSR count). The van der Waals surface area contributed by atoms with Crippen LogP contribution in [-0.4, -0.2) is 64.5 Å². The summed E-state index contributed by atoms with van der Waals surface area (Å²) in [6, 6.07) is 0. The first-order valence-electron chi connectivity index (χ1n) is 6.35. The molecule has 0 aromatic carbocycles. The molecule has 0 radical (unpaired) electrons. The van der Waals surface area contributed by atoms with Crippen molar-refractivity contribution in [3.8, 4) is 0 Å². The van der Waals surface area contributed by atoms with Gasteiger partial charge in [-0.3, -0.25) is 9.00 Å². The number of hydrogen-bond acceptors (Lipinski definition) is 3. The van der Waals surface area contributed by atoms with Crippen molar-refractivity contribution in [3.05, 3.63) is 12.2 Å². The smallest absolute Gasteiger partial charge is 0.246 e. The van der Waals surface area contributed by atoms with Gasteiger partial charge in [-0.15, -0.1) is 0 Å². The van der Waals surface area contributed by atoms with E-state index in [1.54, 1.807) is 6.92 Å². The molecule has 0 spiro atoms. The topological polar surface area (TPSA) is 69.2 Å². The van der Waals surface area contributed by atoms with Crippen LogP contribution in [0.3, 0.4) is 0 Å². The second-order valence-corrected chi connectivity index (χ2v) is 7.47. The molecule has 1 N–H and O–H groups in total. The Balaban J connectivity index is 3.85. The van der Waals surface area contributed by atoms with Gasteiger partial charge in [-0.05, 0) is 6.92 Å². The molecule has 0 aromatic rings. The molecule has 1 amide bonds. The molecule has 6 heteroatoms. The lowest BCUT2D eigenvalue weighted by Crippen LogP contribution is -2.43. The van der Waals surface area contributed by atoms with Gasteiger partial charge in [0.15, 0.2) is 0 Å². The predicted molar refractivity (Wildman–Crippen MR) is 79.8 cm³/mol. The van der Waals surface area contributed by atoms with Gasteiger partial charge in [0.2, 0.25) is 5.91 Å². The van der Waals surface area contributed by atoms with Crippen molar-refractivity contribution in [2.45, 2.75) is 19.8 Å². The summed E-state index contributed by atoms with van der Waals surface area (Å²) in [7, 11) is 0.985. The fourth-order valence-electron chi connectivity index (χ4n) is 1.68. The highest BCUT2D eigenvalue weighted by atomic mass is 32.2. The molecular formula is C13H26N2O3S. The Morgan fingerprint density at radius 2 is 1.84 bits per heavy atom. The highest BCUT2D eigenvalue weighted by molar-refractivity contribution is 7.94. The molecule has 1 unspecified atom stereocenters. The quantitative estimate of drug-likeness (QED) is 0.289. The van der Waals surface area contributed by atoms with Crippen molar-refractivity contribution in [1.82, 2.24) is 5.32 Å². The molecule has 19 heavy (non-hydrogen) atoms. The lowest BCUT2D eigenvalue weighted by molar-refractivity contribution is -0.890. The predicted octanol–water partition coefficient (Wildman–Crippen LogP) is 0.382. The number of amides is 1. The first-order valence-corrected chi connectivity index (χ1v) is 8.17. The third-order valence-corrected chi connectivity index (χ3v) is 3.74. The number of nitrogens with one attached hydrogen (secondary N) is 1. The summed E-state index contributed by atoms with van der Waals surface area (Å²) >= 11 is 0. The number of quaternary nitrogens is 1. The maximum atomic E-state index is 11.3. The third-order valence-electron chi connectivity index (χ3n) is 2.83. The van der Waals surface area contributed by atoms with Gasteiger partial charge in [0.25, 0.3) is 0 Å². The number of nitrogens with zero attached hydrogens (tertiary/aromatic N) is 1. The van der Waals surface area contributed by atoms with Crippen LogP contribution in [0.4, 0.5) is 0 Å². The molecule has 0 aliphatic carbocycles. The average Bonchev–Trinajstić information content (AvgIpc) is 2.21. The van der Waals surface area contributed by atoms with Gasteiger partial charge in [0.05, 0.1) is 27.2 Å². The minimum absolute atomic E-state index is 0.117. The van der Waals surface area contributed by atoms with Gasteiger partial charge in [0, 0.05) is 30.7 Å². The monoisotopic (exact) mass is 290 g/mol. The van der Waals surface area contributed by atoms with E-state index in [2.05, 4.69) is 31.9 Å². The second kappa shape index (κ2) is 7.67. The summed E-state index contributed by atoms with van der Waals surface area (Å²) in [6.07, 6.45) is 1.46. The van der Waals surface area contributed by atoms with Crippen LogP contribution in [0, 0.1) is 0 Å². The molecule has 0 saturated heterocycles. The van der Waals surface area contributed by atoms with E-state index < -0.39 is 9.80 Å². The first-order chi connectivity index (χ1) is 8.53. The van der Waals surface area contributed by atoms with E-state index in [-0.39, 0.29) is 11.7 Å². The minimum Gasteiger partial charge on any atom is -0.778 e. The molecule has 0 aliphatic rings. The summed E-state index contributed by atoms with van der Waals surface area (Å²) < 4.78 is 22.6. The summed E-state index contributed by atoms with van der Waals surface area (Å²) in [6.45, 7) is 7.52. The van der Waals surface area contributed by atoms with Crippen LogP contribution in [0.5, 0.6) is 0 Å². The Kier molecular flexibility index (Phi) is 7.33. The van der Waals surface area contributed by atoms with Gasteiger partial charge in [-0.1, -0.05) is 22.3 Å². The summed E-state index contributed by atoms with van der Waals surface area (Å²) in [4.78, 5) is 11.3. The van der Waals surface area contributed by atoms with Crippen LogP contribution < -0.4 is 5.32 Å². The van der Waals surface area contributed by atoms with Gasteiger partial charge in [0.1, 0.15) is 0 Å². The molecule has 0 fully saturated rings.